The molecule has 0 saturated heterocycles. The van der Waals surface area contributed by atoms with Crippen molar-refractivity contribution in [3.8, 4) is 6.07 Å². The van der Waals surface area contributed by atoms with Gasteiger partial charge in [0.25, 0.3) is 5.91 Å². The molecule has 0 radical (unpaired) electrons. The minimum atomic E-state index is -0.378. The van der Waals surface area contributed by atoms with E-state index in [9.17, 15) is 4.79 Å². The first kappa shape index (κ1) is 11.3. The molecule has 0 unspecified atom stereocenters. The maximum absolute atomic E-state index is 11.7. The fraction of sp³-hybridized carbons (Fsp3) is 0.200. The van der Waals surface area contributed by atoms with Crippen molar-refractivity contribution in [2.24, 2.45) is 0 Å². The molecule has 0 aromatic carbocycles. The number of H-pyrrole nitrogens is 1. The Hall–Kier alpha value is -2.20. The van der Waals surface area contributed by atoms with E-state index < -0.39 is 0 Å². The molecular weight excluding hydrogens is 238 g/mol. The molecule has 0 aliphatic carbocycles. The number of carbonyl (C=O) groups excluding carboxylic acids is 1. The van der Waals surface area contributed by atoms with E-state index in [0.29, 0.717) is 10.6 Å². The highest BCUT2D eigenvalue weighted by Crippen LogP contribution is 2.31. The highest BCUT2D eigenvalue weighted by atomic mass is 32.1. The van der Waals surface area contributed by atoms with Crippen LogP contribution in [0.2, 0.25) is 0 Å². The quantitative estimate of drug-likeness (QED) is 0.842. The predicted molar refractivity (Wildman–Crippen MR) is 62.8 cm³/mol. The van der Waals surface area contributed by atoms with E-state index in [1.165, 1.54) is 17.5 Å². The van der Waals surface area contributed by atoms with Crippen LogP contribution in [0.25, 0.3) is 0 Å². The van der Waals surface area contributed by atoms with Gasteiger partial charge in [0, 0.05) is 4.88 Å². The Morgan fingerprint density at radius 2 is 2.35 bits per heavy atom. The van der Waals surface area contributed by atoms with Crippen LogP contribution >= 0.6 is 11.3 Å². The Bertz CT molecular complexity index is 593. The zero-order valence-corrected chi connectivity index (χ0v) is 10.1. The van der Waals surface area contributed by atoms with Gasteiger partial charge in [0.05, 0.1) is 11.8 Å². The molecule has 0 fully saturated rings. The maximum Gasteiger partial charge on any atom is 0.278 e. The minimum absolute atomic E-state index is 0.192. The van der Waals surface area contributed by atoms with Crippen LogP contribution in [-0.4, -0.2) is 21.3 Å². The molecule has 2 rings (SSSR count). The van der Waals surface area contributed by atoms with Crippen molar-refractivity contribution in [1.82, 2.24) is 15.4 Å². The predicted octanol–water partition coefficient (Wildman–Crippen LogP) is 1.61. The normalized spacial score (nSPS) is 9.94. The fourth-order valence-corrected chi connectivity index (χ4v) is 2.33. The summed E-state index contributed by atoms with van der Waals surface area (Å²) >= 11 is 1.38. The molecule has 86 valence electrons. The summed E-state index contributed by atoms with van der Waals surface area (Å²) in [6.45, 7) is 3.77. The second-order valence-electron chi connectivity index (χ2n) is 3.41. The SMILES string of the molecule is Cc1sc(NC(=O)c2cn[nH]n2)c(C#N)c1C. The molecule has 7 heteroatoms. The van der Waals surface area contributed by atoms with Gasteiger partial charge in [-0.2, -0.15) is 20.7 Å². The number of carbonyl (C=O) groups is 1. The number of aryl methyl sites for hydroxylation is 1. The van der Waals surface area contributed by atoms with Crippen LogP contribution in [-0.2, 0) is 0 Å². The summed E-state index contributed by atoms with van der Waals surface area (Å²) in [7, 11) is 0. The van der Waals surface area contributed by atoms with Gasteiger partial charge in [-0.3, -0.25) is 4.79 Å². The molecule has 2 aromatic heterocycles. The molecule has 6 nitrogen and oxygen atoms in total. The van der Waals surface area contributed by atoms with Gasteiger partial charge in [-0.15, -0.1) is 11.3 Å². The van der Waals surface area contributed by atoms with Crippen molar-refractivity contribution in [3.05, 3.63) is 27.9 Å². The Morgan fingerprint density at radius 1 is 1.59 bits per heavy atom. The van der Waals surface area contributed by atoms with Gasteiger partial charge in [-0.05, 0) is 19.4 Å². The number of amides is 1. The molecule has 0 saturated carbocycles. The van der Waals surface area contributed by atoms with Gasteiger partial charge in [0.1, 0.15) is 11.1 Å². The first-order valence-electron chi connectivity index (χ1n) is 4.80. The lowest BCUT2D eigenvalue weighted by Gasteiger charge is -1.99. The number of hydrogen-bond acceptors (Lipinski definition) is 5. The molecular formula is C10H9N5OS. The van der Waals surface area contributed by atoms with Crippen LogP contribution in [0.1, 0.15) is 26.5 Å². The summed E-state index contributed by atoms with van der Waals surface area (Å²) in [6, 6.07) is 2.09. The smallest absolute Gasteiger partial charge is 0.278 e. The zero-order valence-electron chi connectivity index (χ0n) is 9.24. The summed E-state index contributed by atoms with van der Waals surface area (Å²) < 4.78 is 0. The molecule has 2 aromatic rings. The van der Waals surface area contributed by atoms with Crippen molar-refractivity contribution in [3.63, 3.8) is 0 Å². The molecule has 0 atom stereocenters. The lowest BCUT2D eigenvalue weighted by atomic mass is 10.2. The first-order valence-corrected chi connectivity index (χ1v) is 5.62. The van der Waals surface area contributed by atoms with E-state index in [4.69, 9.17) is 5.26 Å². The molecule has 2 N–H and O–H groups in total. The Labute approximate surface area is 101 Å². The van der Waals surface area contributed by atoms with Crippen LogP contribution in [0.3, 0.4) is 0 Å². The first-order chi connectivity index (χ1) is 8.13. The number of nitriles is 1. The number of hydrogen-bond donors (Lipinski definition) is 2. The van der Waals surface area contributed by atoms with Crippen LogP contribution in [0.15, 0.2) is 6.20 Å². The van der Waals surface area contributed by atoms with E-state index in [0.717, 1.165) is 10.4 Å². The largest absolute Gasteiger partial charge is 0.311 e. The summed E-state index contributed by atoms with van der Waals surface area (Å²) in [4.78, 5) is 12.7. The summed E-state index contributed by atoms with van der Waals surface area (Å²) in [5.74, 6) is -0.378. The molecule has 0 bridgehead atoms. The third kappa shape index (κ3) is 2.03. The lowest BCUT2D eigenvalue weighted by molar-refractivity contribution is 0.102. The molecule has 1 amide bonds. The topological polar surface area (TPSA) is 94.5 Å². The van der Waals surface area contributed by atoms with Crippen molar-refractivity contribution in [2.75, 3.05) is 5.32 Å². The monoisotopic (exact) mass is 247 g/mol. The number of aromatic amines is 1. The number of aromatic nitrogens is 3. The molecule has 0 aliphatic heterocycles. The number of thiophene rings is 1. The van der Waals surface area contributed by atoms with Gasteiger partial charge in [0.2, 0.25) is 0 Å². The zero-order chi connectivity index (χ0) is 12.4. The number of nitrogens with one attached hydrogen (secondary N) is 2. The highest BCUT2D eigenvalue weighted by molar-refractivity contribution is 7.16. The highest BCUT2D eigenvalue weighted by Gasteiger charge is 2.16. The summed E-state index contributed by atoms with van der Waals surface area (Å²) in [5.41, 5.74) is 1.59. The van der Waals surface area contributed by atoms with E-state index in [1.54, 1.807) is 0 Å². The second-order valence-corrected chi connectivity index (χ2v) is 4.63. The Kier molecular flexibility index (Phi) is 2.89. The van der Waals surface area contributed by atoms with Crippen LogP contribution in [0.4, 0.5) is 5.00 Å². The van der Waals surface area contributed by atoms with Gasteiger partial charge >= 0.3 is 0 Å². The van der Waals surface area contributed by atoms with Gasteiger partial charge < -0.3 is 5.32 Å². The van der Waals surface area contributed by atoms with Crippen LogP contribution in [0, 0.1) is 25.2 Å². The van der Waals surface area contributed by atoms with Gasteiger partial charge in [-0.1, -0.05) is 0 Å². The Balaban J connectivity index is 2.29. The molecule has 2 heterocycles. The lowest BCUT2D eigenvalue weighted by Crippen LogP contribution is -2.12. The number of rotatable bonds is 2. The van der Waals surface area contributed by atoms with Crippen molar-refractivity contribution in [2.45, 2.75) is 13.8 Å². The van der Waals surface area contributed by atoms with Crippen LogP contribution in [0.5, 0.6) is 0 Å². The van der Waals surface area contributed by atoms with E-state index in [-0.39, 0.29) is 11.6 Å². The standard InChI is InChI=1S/C10H9N5OS/c1-5-6(2)17-10(7(5)3-11)13-9(16)8-4-12-15-14-8/h4H,1-2H3,(H,13,16)(H,12,14,15). The maximum atomic E-state index is 11.7. The number of nitrogens with zero attached hydrogens (tertiary/aromatic N) is 3. The number of anilines is 1. The van der Waals surface area contributed by atoms with Gasteiger partial charge in [0.15, 0.2) is 5.69 Å². The molecule has 17 heavy (non-hydrogen) atoms. The Morgan fingerprint density at radius 3 is 2.94 bits per heavy atom. The third-order valence-electron chi connectivity index (χ3n) is 2.37. The van der Waals surface area contributed by atoms with Crippen LogP contribution < -0.4 is 5.32 Å². The van der Waals surface area contributed by atoms with Gasteiger partial charge in [-0.25, -0.2) is 0 Å². The minimum Gasteiger partial charge on any atom is -0.311 e. The van der Waals surface area contributed by atoms with Crippen molar-refractivity contribution >= 4 is 22.2 Å². The fourth-order valence-electron chi connectivity index (χ4n) is 1.33. The summed E-state index contributed by atoms with van der Waals surface area (Å²) in [5, 5.41) is 21.8. The van der Waals surface area contributed by atoms with E-state index in [2.05, 4.69) is 26.8 Å². The van der Waals surface area contributed by atoms with E-state index in [1.807, 2.05) is 13.8 Å². The van der Waals surface area contributed by atoms with Crippen molar-refractivity contribution < 1.29 is 4.79 Å². The third-order valence-corrected chi connectivity index (χ3v) is 3.49. The second kappa shape index (κ2) is 4.35. The van der Waals surface area contributed by atoms with E-state index >= 15 is 0 Å². The van der Waals surface area contributed by atoms with Crippen molar-refractivity contribution in [1.29, 1.82) is 5.26 Å². The average Bonchev–Trinajstić information content (AvgIpc) is 2.89. The molecule has 0 aliphatic rings. The average molecular weight is 247 g/mol. The summed E-state index contributed by atoms with van der Waals surface area (Å²) in [6.07, 6.45) is 1.33. The molecule has 0 spiro atoms.